The number of carbonyl (C=O) groups excluding carboxylic acids is 1. The maximum absolute atomic E-state index is 14.4. The first-order valence-electron chi connectivity index (χ1n) is 8.69. The minimum atomic E-state index is -0.740. The van der Waals surface area contributed by atoms with Gasteiger partial charge in [0, 0.05) is 36.8 Å². The van der Waals surface area contributed by atoms with Gasteiger partial charge in [0.15, 0.2) is 0 Å². The van der Waals surface area contributed by atoms with E-state index in [0.29, 0.717) is 42.9 Å². The molecule has 1 aromatic heterocycles. The molecule has 3 rings (SSSR count). The van der Waals surface area contributed by atoms with Crippen molar-refractivity contribution in [2.45, 2.75) is 19.9 Å². The van der Waals surface area contributed by atoms with Crippen LogP contribution in [0.4, 0.5) is 8.78 Å². The number of benzene rings is 1. The largest absolute Gasteiger partial charge is 0.515 e. The van der Waals surface area contributed by atoms with Crippen LogP contribution in [0.2, 0.25) is 0 Å². The Hall–Kier alpha value is -3.13. The number of primary amides is 1. The summed E-state index contributed by atoms with van der Waals surface area (Å²) in [4.78, 5) is 18.0. The topological polar surface area (TPSA) is 103 Å². The van der Waals surface area contributed by atoms with Gasteiger partial charge in [0.1, 0.15) is 17.3 Å². The summed E-state index contributed by atoms with van der Waals surface area (Å²) >= 11 is 0. The highest BCUT2D eigenvalue weighted by Gasteiger charge is 2.25. The van der Waals surface area contributed by atoms with E-state index in [0.717, 1.165) is 24.0 Å². The van der Waals surface area contributed by atoms with Gasteiger partial charge >= 0.3 is 0 Å². The van der Waals surface area contributed by atoms with Crippen molar-refractivity contribution >= 4 is 11.6 Å². The number of rotatable bonds is 5. The van der Waals surface area contributed by atoms with Crippen molar-refractivity contribution in [3.8, 4) is 11.1 Å². The number of amides is 1. The molecule has 0 saturated heterocycles. The molecule has 8 heteroatoms. The zero-order chi connectivity index (χ0) is 20.4. The Bertz CT molecular complexity index is 988. The van der Waals surface area contributed by atoms with E-state index in [1.807, 2.05) is 4.90 Å². The SMILES string of the molecule is C/C(=C/O)C(=N)CN1CCc2c(-c3ccc(F)cc3F)cc(C(N)=O)nc2C1. The number of pyridine rings is 1. The van der Waals surface area contributed by atoms with E-state index in [2.05, 4.69) is 4.98 Å². The van der Waals surface area contributed by atoms with Gasteiger partial charge in [-0.1, -0.05) is 0 Å². The van der Waals surface area contributed by atoms with Crippen molar-refractivity contribution < 1.29 is 18.7 Å². The highest BCUT2D eigenvalue weighted by atomic mass is 19.1. The fraction of sp³-hybridized carbons (Fsp3) is 0.250. The Labute approximate surface area is 160 Å². The fourth-order valence-corrected chi connectivity index (χ4v) is 3.23. The molecule has 0 radical (unpaired) electrons. The second-order valence-corrected chi connectivity index (χ2v) is 6.72. The van der Waals surface area contributed by atoms with Gasteiger partial charge in [-0.25, -0.2) is 13.8 Å². The average molecular weight is 386 g/mol. The van der Waals surface area contributed by atoms with E-state index in [4.69, 9.17) is 16.2 Å². The molecule has 0 saturated carbocycles. The number of aliphatic hydroxyl groups is 1. The maximum atomic E-state index is 14.4. The van der Waals surface area contributed by atoms with E-state index in [-0.39, 0.29) is 17.0 Å². The second kappa shape index (κ2) is 7.85. The lowest BCUT2D eigenvalue weighted by atomic mass is 9.92. The van der Waals surface area contributed by atoms with Crippen LogP contribution in [0.25, 0.3) is 11.1 Å². The lowest BCUT2D eigenvalue weighted by Crippen LogP contribution is -2.36. The Morgan fingerprint density at radius 3 is 2.75 bits per heavy atom. The van der Waals surface area contributed by atoms with Crippen LogP contribution in [0.5, 0.6) is 0 Å². The Kier molecular flexibility index (Phi) is 5.51. The van der Waals surface area contributed by atoms with Crippen LogP contribution in [0.15, 0.2) is 36.1 Å². The van der Waals surface area contributed by atoms with E-state index >= 15 is 0 Å². The van der Waals surface area contributed by atoms with Crippen LogP contribution >= 0.6 is 0 Å². The van der Waals surface area contributed by atoms with Gasteiger partial charge in [0.05, 0.1) is 17.7 Å². The number of carbonyl (C=O) groups is 1. The predicted octanol–water partition coefficient (Wildman–Crippen LogP) is 2.97. The van der Waals surface area contributed by atoms with Crippen molar-refractivity contribution in [1.82, 2.24) is 9.88 Å². The molecule has 1 aliphatic rings. The zero-order valence-corrected chi connectivity index (χ0v) is 15.3. The monoisotopic (exact) mass is 386 g/mol. The highest BCUT2D eigenvalue weighted by Crippen LogP contribution is 2.32. The summed E-state index contributed by atoms with van der Waals surface area (Å²) in [7, 11) is 0. The summed E-state index contributed by atoms with van der Waals surface area (Å²) in [6, 6.07) is 4.73. The summed E-state index contributed by atoms with van der Waals surface area (Å²) < 4.78 is 27.7. The number of hydrogen-bond donors (Lipinski definition) is 3. The summed E-state index contributed by atoms with van der Waals surface area (Å²) in [5.74, 6) is -2.15. The minimum Gasteiger partial charge on any atom is -0.515 e. The van der Waals surface area contributed by atoms with Crippen molar-refractivity contribution in [1.29, 1.82) is 5.41 Å². The normalized spacial score (nSPS) is 14.6. The quantitative estimate of drug-likeness (QED) is 0.543. The number of aliphatic hydroxyl groups excluding tert-OH is 1. The van der Waals surface area contributed by atoms with Gasteiger partial charge in [-0.05, 0) is 42.7 Å². The van der Waals surface area contributed by atoms with Crippen LogP contribution < -0.4 is 5.73 Å². The van der Waals surface area contributed by atoms with Gasteiger partial charge in [-0.2, -0.15) is 0 Å². The molecule has 146 valence electrons. The van der Waals surface area contributed by atoms with Crippen LogP contribution in [-0.2, 0) is 13.0 Å². The van der Waals surface area contributed by atoms with Gasteiger partial charge in [-0.15, -0.1) is 0 Å². The van der Waals surface area contributed by atoms with Crippen LogP contribution in [0, 0.1) is 17.0 Å². The van der Waals surface area contributed by atoms with Crippen LogP contribution in [0.1, 0.15) is 28.7 Å². The molecular weight excluding hydrogens is 366 g/mol. The number of nitrogens with two attached hydrogens (primary N) is 1. The third-order valence-electron chi connectivity index (χ3n) is 4.79. The molecular formula is C20H20F2N4O2. The van der Waals surface area contributed by atoms with Crippen molar-refractivity contribution in [3.05, 3.63) is 64.7 Å². The first-order chi connectivity index (χ1) is 13.3. The van der Waals surface area contributed by atoms with Crippen molar-refractivity contribution in [3.63, 3.8) is 0 Å². The minimum absolute atomic E-state index is 0.000774. The van der Waals surface area contributed by atoms with Crippen molar-refractivity contribution in [2.75, 3.05) is 13.1 Å². The van der Waals surface area contributed by atoms with E-state index in [9.17, 15) is 13.6 Å². The highest BCUT2D eigenvalue weighted by molar-refractivity contribution is 5.98. The van der Waals surface area contributed by atoms with Crippen LogP contribution in [0.3, 0.4) is 0 Å². The first kappa shape index (κ1) is 19.6. The number of aromatic nitrogens is 1. The lowest BCUT2D eigenvalue weighted by molar-refractivity contribution is 0.0995. The molecule has 6 nitrogen and oxygen atoms in total. The van der Waals surface area contributed by atoms with Gasteiger partial charge in [0.2, 0.25) is 0 Å². The molecule has 2 aromatic rings. The Morgan fingerprint density at radius 2 is 2.11 bits per heavy atom. The molecule has 4 N–H and O–H groups in total. The average Bonchev–Trinajstić information content (AvgIpc) is 2.66. The third-order valence-corrected chi connectivity index (χ3v) is 4.79. The first-order valence-corrected chi connectivity index (χ1v) is 8.69. The maximum Gasteiger partial charge on any atom is 0.267 e. The summed E-state index contributed by atoms with van der Waals surface area (Å²) in [5.41, 5.74) is 8.11. The summed E-state index contributed by atoms with van der Waals surface area (Å²) in [6.07, 6.45) is 1.40. The Morgan fingerprint density at radius 1 is 1.36 bits per heavy atom. The number of halogens is 2. The molecule has 1 amide bonds. The number of hydrogen-bond acceptors (Lipinski definition) is 5. The molecule has 0 fully saturated rings. The van der Waals surface area contributed by atoms with Gasteiger partial charge in [0.25, 0.3) is 5.91 Å². The predicted molar refractivity (Wildman–Crippen MR) is 101 cm³/mol. The van der Waals surface area contributed by atoms with Crippen LogP contribution in [-0.4, -0.2) is 39.7 Å². The molecule has 1 aliphatic heterocycles. The smallest absolute Gasteiger partial charge is 0.267 e. The summed E-state index contributed by atoms with van der Waals surface area (Å²) in [5, 5.41) is 17.1. The van der Waals surface area contributed by atoms with Crippen molar-refractivity contribution in [2.24, 2.45) is 5.73 Å². The number of nitrogens with zero attached hydrogens (tertiary/aromatic N) is 2. The van der Waals surface area contributed by atoms with E-state index in [1.165, 1.54) is 12.1 Å². The third kappa shape index (κ3) is 3.91. The Balaban J connectivity index is 2.01. The molecule has 0 aliphatic carbocycles. The molecule has 0 atom stereocenters. The van der Waals surface area contributed by atoms with E-state index in [1.54, 1.807) is 6.92 Å². The number of nitrogens with one attached hydrogen (secondary N) is 1. The number of fused-ring (bicyclic) bond motifs is 1. The molecule has 0 spiro atoms. The molecule has 1 aromatic carbocycles. The lowest BCUT2D eigenvalue weighted by Gasteiger charge is -2.30. The molecule has 2 heterocycles. The summed E-state index contributed by atoms with van der Waals surface area (Å²) in [6.45, 7) is 2.86. The molecule has 28 heavy (non-hydrogen) atoms. The molecule has 0 unspecified atom stereocenters. The fourth-order valence-electron chi connectivity index (χ4n) is 3.23. The zero-order valence-electron chi connectivity index (χ0n) is 15.3. The van der Waals surface area contributed by atoms with Gasteiger partial charge < -0.3 is 16.2 Å². The molecule has 0 bridgehead atoms. The van der Waals surface area contributed by atoms with Gasteiger partial charge in [-0.3, -0.25) is 9.69 Å². The standard InChI is InChI=1S/C20H20F2N4O2/c1-11(10-27)17(23)8-26-5-4-14-15(13-3-2-12(21)6-16(13)22)7-18(20(24)28)25-19(14)9-26/h2-3,6-7,10,23,27H,4-5,8-9H2,1H3,(H2,24,28)/b11-10-,23-17?. The second-order valence-electron chi connectivity index (χ2n) is 6.72. The van der Waals surface area contributed by atoms with E-state index < -0.39 is 17.5 Å².